The highest BCUT2D eigenvalue weighted by molar-refractivity contribution is 5.72. The van der Waals surface area contributed by atoms with E-state index in [2.05, 4.69) is 42.8 Å². The fourth-order valence-electron chi connectivity index (χ4n) is 2.55. The third-order valence-corrected chi connectivity index (χ3v) is 3.91. The minimum absolute atomic E-state index is 0.853. The molecule has 0 aliphatic rings. The summed E-state index contributed by atoms with van der Waals surface area (Å²) in [5.74, 6) is 0.853. The Morgan fingerprint density at radius 1 is 1.09 bits per heavy atom. The molecule has 1 heterocycles. The molecule has 0 atom stereocenters. The van der Waals surface area contributed by atoms with Gasteiger partial charge in [-0.15, -0.1) is 0 Å². The van der Waals surface area contributed by atoms with Crippen molar-refractivity contribution in [2.24, 2.45) is 0 Å². The van der Waals surface area contributed by atoms with Crippen molar-refractivity contribution in [2.75, 3.05) is 5.32 Å². The zero-order chi connectivity index (χ0) is 15.5. The molecule has 0 spiro atoms. The lowest BCUT2D eigenvalue weighted by molar-refractivity contribution is -0.674. The summed E-state index contributed by atoms with van der Waals surface area (Å²) < 4.78 is 8.19. The molecule has 0 radical (unpaired) electrons. The Morgan fingerprint density at radius 2 is 1.82 bits per heavy atom. The molecule has 3 aromatic rings. The van der Waals surface area contributed by atoms with E-state index in [-0.39, 0.29) is 0 Å². The number of oxazole rings is 1. The standard InChI is InChI=1S/C19H20N2O/c1-4-21-17-12-14(2)15(3)13-18(17)22-19(21)10-11-20-16-8-6-5-7-9-16/h5-13H,4H2,1-3H3/p+1. The molecule has 0 aliphatic carbocycles. The van der Waals surface area contributed by atoms with Crippen LogP contribution < -0.4 is 9.88 Å². The van der Waals surface area contributed by atoms with Crippen molar-refractivity contribution >= 4 is 22.9 Å². The van der Waals surface area contributed by atoms with Crippen molar-refractivity contribution in [3.8, 4) is 0 Å². The van der Waals surface area contributed by atoms with Crippen LogP contribution >= 0.6 is 0 Å². The van der Waals surface area contributed by atoms with Crippen LogP contribution in [0.5, 0.6) is 0 Å². The molecule has 3 rings (SSSR count). The summed E-state index contributed by atoms with van der Waals surface area (Å²) >= 11 is 0. The smallest absolute Gasteiger partial charge is 0.375 e. The molecule has 0 saturated carbocycles. The SMILES string of the molecule is CC[n+]1c(/C=C\Nc2ccccc2)oc2cc(C)c(C)cc21. The summed E-state index contributed by atoms with van der Waals surface area (Å²) in [6, 6.07) is 14.4. The largest absolute Gasteiger partial charge is 0.398 e. The molecule has 3 heteroatoms. The Balaban J connectivity index is 1.93. The number of aryl methyl sites for hydroxylation is 3. The molecule has 0 fully saturated rings. The third kappa shape index (κ3) is 2.75. The minimum atomic E-state index is 0.853. The highest BCUT2D eigenvalue weighted by Crippen LogP contribution is 2.19. The van der Waals surface area contributed by atoms with Crippen LogP contribution in [-0.2, 0) is 6.54 Å². The van der Waals surface area contributed by atoms with Gasteiger partial charge < -0.3 is 9.73 Å². The Morgan fingerprint density at radius 3 is 2.55 bits per heavy atom. The lowest BCUT2D eigenvalue weighted by atomic mass is 10.1. The topological polar surface area (TPSA) is 29.1 Å². The van der Waals surface area contributed by atoms with Gasteiger partial charge in [-0.3, -0.25) is 0 Å². The van der Waals surface area contributed by atoms with Gasteiger partial charge in [0.25, 0.3) is 5.52 Å². The summed E-state index contributed by atoms with van der Waals surface area (Å²) in [5.41, 5.74) is 5.68. The molecule has 2 aromatic carbocycles. The van der Waals surface area contributed by atoms with Crippen LogP contribution in [0.1, 0.15) is 23.9 Å². The van der Waals surface area contributed by atoms with E-state index < -0.39 is 0 Å². The van der Waals surface area contributed by atoms with Crippen LogP contribution in [0.3, 0.4) is 0 Å². The number of fused-ring (bicyclic) bond motifs is 1. The molecular formula is C19H21N2O+. The zero-order valence-electron chi connectivity index (χ0n) is 13.3. The van der Waals surface area contributed by atoms with Crippen molar-refractivity contribution in [2.45, 2.75) is 27.3 Å². The average molecular weight is 293 g/mol. The lowest BCUT2D eigenvalue weighted by Gasteiger charge is -1.97. The van der Waals surface area contributed by atoms with Crippen molar-refractivity contribution in [3.63, 3.8) is 0 Å². The minimum Gasteiger partial charge on any atom is -0.398 e. The van der Waals surface area contributed by atoms with E-state index in [1.54, 1.807) is 0 Å². The van der Waals surface area contributed by atoms with Crippen LogP contribution in [0.15, 0.2) is 53.1 Å². The number of aromatic nitrogens is 1. The van der Waals surface area contributed by atoms with E-state index >= 15 is 0 Å². The molecule has 112 valence electrons. The fraction of sp³-hybridized carbons (Fsp3) is 0.211. The molecule has 0 bridgehead atoms. The maximum atomic E-state index is 6.00. The van der Waals surface area contributed by atoms with Gasteiger partial charge in [-0.1, -0.05) is 18.2 Å². The predicted octanol–water partition coefficient (Wildman–Crippen LogP) is 4.44. The molecule has 3 nitrogen and oxygen atoms in total. The van der Waals surface area contributed by atoms with E-state index in [4.69, 9.17) is 4.42 Å². The Bertz CT molecular complexity index is 816. The number of para-hydroxylation sites is 1. The van der Waals surface area contributed by atoms with Gasteiger partial charge in [0, 0.05) is 18.0 Å². The van der Waals surface area contributed by atoms with Gasteiger partial charge in [0.05, 0.1) is 6.08 Å². The number of nitrogens with zero attached hydrogens (tertiary/aromatic N) is 1. The van der Waals surface area contributed by atoms with Crippen molar-refractivity contribution in [1.82, 2.24) is 0 Å². The van der Waals surface area contributed by atoms with Crippen LogP contribution in [0, 0.1) is 13.8 Å². The molecule has 0 aliphatic heterocycles. The van der Waals surface area contributed by atoms with Gasteiger partial charge in [0.2, 0.25) is 5.58 Å². The number of hydrogen-bond donors (Lipinski definition) is 1. The maximum absolute atomic E-state index is 6.00. The number of anilines is 1. The summed E-state index contributed by atoms with van der Waals surface area (Å²) in [6.45, 7) is 7.25. The molecule has 1 N–H and O–H groups in total. The second kappa shape index (κ2) is 6.06. The first kappa shape index (κ1) is 14.4. The Hall–Kier alpha value is -2.55. The van der Waals surface area contributed by atoms with Crippen molar-refractivity contribution < 1.29 is 8.98 Å². The van der Waals surface area contributed by atoms with E-state index in [1.165, 1.54) is 11.1 Å². The number of nitrogens with one attached hydrogen (secondary N) is 1. The summed E-state index contributed by atoms with van der Waals surface area (Å²) in [6.07, 6.45) is 3.89. The number of rotatable bonds is 4. The van der Waals surface area contributed by atoms with Gasteiger partial charge >= 0.3 is 5.89 Å². The summed E-state index contributed by atoms with van der Waals surface area (Å²) in [4.78, 5) is 0. The van der Waals surface area contributed by atoms with Crippen molar-refractivity contribution in [1.29, 1.82) is 0 Å². The highest BCUT2D eigenvalue weighted by Gasteiger charge is 2.19. The van der Waals surface area contributed by atoms with E-state index in [1.807, 2.05) is 42.6 Å². The second-order valence-corrected chi connectivity index (χ2v) is 5.43. The molecule has 1 aromatic heterocycles. The van der Waals surface area contributed by atoms with Crippen molar-refractivity contribution in [3.05, 3.63) is 65.7 Å². The number of benzene rings is 2. The number of hydrogen-bond acceptors (Lipinski definition) is 2. The molecule has 22 heavy (non-hydrogen) atoms. The molecule has 0 saturated heterocycles. The van der Waals surface area contributed by atoms with E-state index in [0.29, 0.717) is 0 Å². The van der Waals surface area contributed by atoms with Gasteiger partial charge in [-0.25, -0.2) is 0 Å². The first-order valence-electron chi connectivity index (χ1n) is 7.60. The third-order valence-electron chi connectivity index (χ3n) is 3.91. The first-order chi connectivity index (χ1) is 10.7. The quantitative estimate of drug-likeness (QED) is 0.720. The molecular weight excluding hydrogens is 272 g/mol. The average Bonchev–Trinajstić information content (AvgIpc) is 2.85. The van der Waals surface area contributed by atoms with E-state index in [9.17, 15) is 0 Å². The van der Waals surface area contributed by atoms with Crippen LogP contribution in [0.25, 0.3) is 17.2 Å². The Kier molecular flexibility index (Phi) is 3.96. The maximum Gasteiger partial charge on any atom is 0.375 e. The molecule has 0 unspecified atom stereocenters. The van der Waals surface area contributed by atoms with E-state index in [0.717, 1.165) is 29.2 Å². The highest BCUT2D eigenvalue weighted by atomic mass is 16.3. The van der Waals surface area contributed by atoms with Gasteiger partial charge in [0.1, 0.15) is 6.54 Å². The van der Waals surface area contributed by atoms with Crippen LogP contribution in [0.4, 0.5) is 5.69 Å². The predicted molar refractivity (Wildman–Crippen MR) is 90.7 cm³/mol. The lowest BCUT2D eigenvalue weighted by Crippen LogP contribution is -2.33. The first-order valence-corrected chi connectivity index (χ1v) is 7.60. The van der Waals surface area contributed by atoms with Crippen LogP contribution in [-0.4, -0.2) is 0 Å². The fourth-order valence-corrected chi connectivity index (χ4v) is 2.55. The second-order valence-electron chi connectivity index (χ2n) is 5.43. The normalized spacial score (nSPS) is 11.4. The zero-order valence-corrected chi connectivity index (χ0v) is 13.3. The summed E-state index contributed by atoms with van der Waals surface area (Å²) in [7, 11) is 0. The Labute approximate surface area is 130 Å². The monoisotopic (exact) mass is 293 g/mol. The summed E-state index contributed by atoms with van der Waals surface area (Å²) in [5, 5.41) is 3.26. The van der Waals surface area contributed by atoms with Gasteiger partial charge in [-0.05, 0) is 50.1 Å². The van der Waals surface area contributed by atoms with Gasteiger partial charge in [-0.2, -0.15) is 4.57 Å². The molecule has 0 amide bonds. The van der Waals surface area contributed by atoms with Gasteiger partial charge in [0.15, 0.2) is 0 Å². The van der Waals surface area contributed by atoms with Crippen LogP contribution in [0.2, 0.25) is 0 Å².